The number of aromatic nitrogens is 2. The van der Waals surface area contributed by atoms with E-state index in [1.54, 1.807) is 19.1 Å². The van der Waals surface area contributed by atoms with E-state index in [1.165, 1.54) is 18.5 Å². The second-order valence-electron chi connectivity index (χ2n) is 6.99. The number of carbonyl (C=O) groups excluding carboxylic acids is 2. The number of pyridine rings is 2. The van der Waals surface area contributed by atoms with Crippen molar-refractivity contribution in [3.8, 4) is 5.88 Å². The quantitative estimate of drug-likeness (QED) is 0.727. The summed E-state index contributed by atoms with van der Waals surface area (Å²) in [7, 11) is 0. The molecule has 0 aromatic carbocycles. The molecule has 1 fully saturated rings. The molecule has 1 N–H and O–H groups in total. The number of ether oxygens (including phenoxy) is 1. The molecule has 0 spiro atoms. The van der Waals surface area contributed by atoms with Gasteiger partial charge >= 0.3 is 6.18 Å². The number of nitrogens with zero attached hydrogens (tertiary/aromatic N) is 2. The number of alkyl halides is 3. The molecule has 0 atom stereocenters. The molecule has 1 saturated carbocycles. The summed E-state index contributed by atoms with van der Waals surface area (Å²) in [6.07, 6.45) is 0.486. The predicted molar refractivity (Wildman–Crippen MR) is 97.4 cm³/mol. The number of hydrogen-bond donors (Lipinski definition) is 1. The van der Waals surface area contributed by atoms with Gasteiger partial charge in [0.15, 0.2) is 6.61 Å². The summed E-state index contributed by atoms with van der Waals surface area (Å²) in [6.45, 7) is 0.427. The van der Waals surface area contributed by atoms with Gasteiger partial charge in [0.2, 0.25) is 5.88 Å². The minimum absolute atomic E-state index is 0.131. The number of aryl methyl sites for hydroxylation is 1. The topological polar surface area (TPSA) is 81.2 Å². The van der Waals surface area contributed by atoms with E-state index in [-0.39, 0.29) is 36.5 Å². The molecule has 2 aromatic heterocycles. The monoisotopic (exact) mass is 407 g/mol. The molecule has 1 amide bonds. The van der Waals surface area contributed by atoms with E-state index < -0.39 is 12.8 Å². The average Bonchev–Trinajstić information content (AvgIpc) is 3.50. The van der Waals surface area contributed by atoms with E-state index in [4.69, 9.17) is 0 Å². The van der Waals surface area contributed by atoms with Gasteiger partial charge in [-0.1, -0.05) is 0 Å². The first-order chi connectivity index (χ1) is 13.7. The Hall–Kier alpha value is -2.97. The molecular weight excluding hydrogens is 387 g/mol. The Balaban J connectivity index is 1.56. The van der Waals surface area contributed by atoms with E-state index >= 15 is 0 Å². The minimum Gasteiger partial charge on any atom is -0.468 e. The van der Waals surface area contributed by atoms with Crippen LogP contribution in [0.1, 0.15) is 40.0 Å². The average molecular weight is 407 g/mol. The molecule has 2 heterocycles. The maximum Gasteiger partial charge on any atom is 0.422 e. The van der Waals surface area contributed by atoms with Gasteiger partial charge in [0, 0.05) is 48.6 Å². The summed E-state index contributed by atoms with van der Waals surface area (Å²) < 4.78 is 41.2. The fourth-order valence-electron chi connectivity index (χ4n) is 2.70. The summed E-state index contributed by atoms with van der Waals surface area (Å²) in [4.78, 5) is 32.3. The second kappa shape index (κ2) is 8.59. The SMILES string of the molecule is Cc1cc(OCC(F)(F)F)ncc1CNC(=O)c1ccnc(CC(=O)C2CC2)c1. The largest absolute Gasteiger partial charge is 0.468 e. The molecule has 0 aliphatic heterocycles. The molecule has 1 aliphatic carbocycles. The Bertz CT molecular complexity index is 911. The van der Waals surface area contributed by atoms with Crippen LogP contribution in [0, 0.1) is 12.8 Å². The third-order valence-electron chi connectivity index (χ3n) is 4.48. The van der Waals surface area contributed by atoms with Gasteiger partial charge in [-0.3, -0.25) is 14.6 Å². The van der Waals surface area contributed by atoms with Gasteiger partial charge < -0.3 is 10.1 Å². The Morgan fingerprint density at radius 3 is 2.66 bits per heavy atom. The number of rotatable bonds is 8. The summed E-state index contributed by atoms with van der Waals surface area (Å²) in [6, 6.07) is 4.54. The first-order valence-corrected chi connectivity index (χ1v) is 9.12. The Kier molecular flexibility index (Phi) is 6.14. The van der Waals surface area contributed by atoms with Crippen molar-refractivity contribution in [3.05, 3.63) is 53.0 Å². The smallest absolute Gasteiger partial charge is 0.422 e. The van der Waals surface area contributed by atoms with Crippen molar-refractivity contribution in [2.45, 2.75) is 38.9 Å². The molecule has 154 valence electrons. The van der Waals surface area contributed by atoms with Crippen LogP contribution >= 0.6 is 0 Å². The Morgan fingerprint density at radius 2 is 2.00 bits per heavy atom. The zero-order valence-corrected chi connectivity index (χ0v) is 15.8. The summed E-state index contributed by atoms with van der Waals surface area (Å²) in [5.41, 5.74) is 2.23. The van der Waals surface area contributed by atoms with Gasteiger partial charge in [0.1, 0.15) is 5.78 Å². The van der Waals surface area contributed by atoms with Gasteiger partial charge in [0.25, 0.3) is 5.91 Å². The third kappa shape index (κ3) is 6.27. The highest BCUT2D eigenvalue weighted by Crippen LogP contribution is 2.30. The van der Waals surface area contributed by atoms with Crippen LogP contribution in [0.4, 0.5) is 13.2 Å². The number of nitrogens with one attached hydrogen (secondary N) is 1. The molecule has 2 aromatic rings. The summed E-state index contributed by atoms with van der Waals surface area (Å²) >= 11 is 0. The van der Waals surface area contributed by atoms with Crippen molar-refractivity contribution in [1.82, 2.24) is 15.3 Å². The number of hydrogen-bond acceptors (Lipinski definition) is 5. The van der Waals surface area contributed by atoms with Crippen LogP contribution < -0.4 is 10.1 Å². The molecular formula is C20H20F3N3O3. The number of ketones is 1. The number of Topliss-reactive ketones (excluding diaryl/α,β-unsaturated/α-hetero) is 1. The zero-order valence-electron chi connectivity index (χ0n) is 15.8. The van der Waals surface area contributed by atoms with E-state index in [0.29, 0.717) is 22.4 Å². The van der Waals surface area contributed by atoms with Crippen molar-refractivity contribution in [3.63, 3.8) is 0 Å². The summed E-state index contributed by atoms with van der Waals surface area (Å²) in [5, 5.41) is 2.73. The number of halogens is 3. The highest BCUT2D eigenvalue weighted by molar-refractivity contribution is 5.94. The van der Waals surface area contributed by atoms with Gasteiger partial charge in [0.05, 0.1) is 0 Å². The molecule has 29 heavy (non-hydrogen) atoms. The first kappa shape index (κ1) is 20.8. The molecule has 6 nitrogen and oxygen atoms in total. The van der Waals surface area contributed by atoms with Crippen molar-refractivity contribution in [2.24, 2.45) is 5.92 Å². The molecule has 3 rings (SSSR count). The normalized spacial score (nSPS) is 13.8. The molecule has 1 aliphatic rings. The standard InChI is InChI=1S/C20H20F3N3O3/c1-12-6-18(29-11-20(21,22)23)25-9-15(12)10-26-19(28)14-4-5-24-16(7-14)8-17(27)13-2-3-13/h4-7,9,13H,2-3,8,10-11H2,1H3,(H,26,28). The van der Waals surface area contributed by atoms with Gasteiger partial charge in [-0.15, -0.1) is 0 Å². The van der Waals surface area contributed by atoms with Crippen LogP contribution in [0.5, 0.6) is 5.88 Å². The molecule has 0 saturated heterocycles. The van der Waals surface area contributed by atoms with Crippen molar-refractivity contribution >= 4 is 11.7 Å². The van der Waals surface area contributed by atoms with Gasteiger partial charge in [-0.25, -0.2) is 4.98 Å². The van der Waals surface area contributed by atoms with Crippen molar-refractivity contribution in [1.29, 1.82) is 0 Å². The van der Waals surface area contributed by atoms with Gasteiger partial charge in [-0.05, 0) is 43.0 Å². The fourth-order valence-corrected chi connectivity index (χ4v) is 2.70. The third-order valence-corrected chi connectivity index (χ3v) is 4.48. The van der Waals surface area contributed by atoms with Crippen LogP contribution in [0.15, 0.2) is 30.6 Å². The van der Waals surface area contributed by atoms with Crippen LogP contribution in [-0.4, -0.2) is 34.4 Å². The second-order valence-corrected chi connectivity index (χ2v) is 6.99. The lowest BCUT2D eigenvalue weighted by atomic mass is 10.1. The Labute approximate surface area is 165 Å². The Morgan fingerprint density at radius 1 is 1.24 bits per heavy atom. The lowest BCUT2D eigenvalue weighted by Crippen LogP contribution is -2.24. The highest BCUT2D eigenvalue weighted by atomic mass is 19.4. The summed E-state index contributed by atoms with van der Waals surface area (Å²) in [5.74, 6) is -0.198. The van der Waals surface area contributed by atoms with Crippen LogP contribution in [0.25, 0.3) is 0 Å². The van der Waals surface area contributed by atoms with E-state index in [2.05, 4.69) is 20.0 Å². The lowest BCUT2D eigenvalue weighted by molar-refractivity contribution is -0.154. The maximum absolute atomic E-state index is 12.4. The zero-order chi connectivity index (χ0) is 21.0. The first-order valence-electron chi connectivity index (χ1n) is 9.12. The van der Waals surface area contributed by atoms with E-state index in [0.717, 1.165) is 12.8 Å². The minimum atomic E-state index is -4.44. The van der Waals surface area contributed by atoms with Crippen LogP contribution in [-0.2, 0) is 17.8 Å². The molecule has 0 unspecified atom stereocenters. The molecule has 0 radical (unpaired) electrons. The number of carbonyl (C=O) groups is 2. The predicted octanol–water partition coefficient (Wildman–Crippen LogP) is 3.18. The molecule has 0 bridgehead atoms. The van der Waals surface area contributed by atoms with Crippen LogP contribution in [0.3, 0.4) is 0 Å². The maximum atomic E-state index is 12.4. The van der Waals surface area contributed by atoms with Gasteiger partial charge in [-0.2, -0.15) is 13.2 Å². The lowest BCUT2D eigenvalue weighted by Gasteiger charge is -2.11. The molecule has 9 heteroatoms. The van der Waals surface area contributed by atoms with E-state index in [1.807, 2.05) is 0 Å². The van der Waals surface area contributed by atoms with Crippen LogP contribution in [0.2, 0.25) is 0 Å². The fraction of sp³-hybridized carbons (Fsp3) is 0.400. The highest BCUT2D eigenvalue weighted by Gasteiger charge is 2.30. The van der Waals surface area contributed by atoms with Crippen molar-refractivity contribution < 1.29 is 27.5 Å². The van der Waals surface area contributed by atoms with E-state index in [9.17, 15) is 22.8 Å². The number of amides is 1. The van der Waals surface area contributed by atoms with Crippen molar-refractivity contribution in [2.75, 3.05) is 6.61 Å².